The number of nitrogens with two attached hydrogens (primary N) is 1. The molecule has 1 atom stereocenters. The van der Waals surface area contributed by atoms with E-state index in [1.165, 1.54) is 18.3 Å². The van der Waals surface area contributed by atoms with Gasteiger partial charge in [0.05, 0.1) is 0 Å². The lowest BCUT2D eigenvalue weighted by Crippen LogP contribution is -2.41. The number of amidine groups is 1. The third kappa shape index (κ3) is 8.17. The SMILES string of the molecule is CC(CCO[Si](C)(C)C(C)(C)C)Sc1cnc(Nc2ccc(C(N)=NO)cn2)c(Oc2ccc(F)cc2)c1. The topological polar surface area (TPSA) is 115 Å². The van der Waals surface area contributed by atoms with Crippen LogP contribution in [0.2, 0.25) is 18.1 Å². The fraction of sp³-hybridized carbons (Fsp3) is 0.370. The van der Waals surface area contributed by atoms with Crippen molar-refractivity contribution in [1.29, 1.82) is 0 Å². The number of hydrogen-bond acceptors (Lipinski definition) is 8. The fourth-order valence-corrected chi connectivity index (χ4v) is 5.11. The van der Waals surface area contributed by atoms with E-state index in [2.05, 4.69) is 61.2 Å². The van der Waals surface area contributed by atoms with Crippen LogP contribution in [0, 0.1) is 5.82 Å². The maximum Gasteiger partial charge on any atom is 0.191 e. The monoisotopic (exact) mass is 557 g/mol. The number of nitrogens with zero attached hydrogens (tertiary/aromatic N) is 3. The zero-order chi connectivity index (χ0) is 27.9. The first-order valence-corrected chi connectivity index (χ1v) is 16.1. The number of thioether (sulfide) groups is 1. The van der Waals surface area contributed by atoms with Gasteiger partial charge in [-0.15, -0.1) is 11.8 Å². The quantitative estimate of drug-likeness (QED) is 0.0569. The molecule has 0 spiro atoms. The van der Waals surface area contributed by atoms with E-state index in [9.17, 15) is 4.39 Å². The van der Waals surface area contributed by atoms with Crippen molar-refractivity contribution in [1.82, 2.24) is 9.97 Å². The number of halogens is 1. The van der Waals surface area contributed by atoms with Gasteiger partial charge < -0.3 is 25.4 Å². The highest BCUT2D eigenvalue weighted by molar-refractivity contribution is 7.99. The standard InChI is InChI=1S/C27H36FN5O3SSi/c1-18(13-14-35-38(5,6)27(2,3)4)37-22-15-23(36-21-10-8-20(28)9-11-21)26(31-17-22)32-24-12-7-19(16-30-24)25(29)33-34/h7-12,15-18,34H,13-14H2,1-6H3,(H2,29,33)(H,30,31,32). The molecule has 0 bridgehead atoms. The molecule has 0 radical (unpaired) electrons. The van der Waals surface area contributed by atoms with Crippen LogP contribution in [0.15, 0.2) is 64.9 Å². The first-order chi connectivity index (χ1) is 17.9. The summed E-state index contributed by atoms with van der Waals surface area (Å²) in [5.41, 5.74) is 6.10. The van der Waals surface area contributed by atoms with Gasteiger partial charge in [-0.3, -0.25) is 0 Å². The molecule has 2 heterocycles. The summed E-state index contributed by atoms with van der Waals surface area (Å²) in [6, 6.07) is 11.1. The Kier molecular flexibility index (Phi) is 9.75. The van der Waals surface area contributed by atoms with E-state index in [1.54, 1.807) is 42.2 Å². The van der Waals surface area contributed by atoms with Crippen molar-refractivity contribution in [2.75, 3.05) is 11.9 Å². The van der Waals surface area contributed by atoms with E-state index in [-0.39, 0.29) is 16.7 Å². The third-order valence-corrected chi connectivity index (χ3v) is 12.1. The van der Waals surface area contributed by atoms with E-state index < -0.39 is 8.32 Å². The normalized spacial score (nSPS) is 13.3. The highest BCUT2D eigenvalue weighted by atomic mass is 32.2. The van der Waals surface area contributed by atoms with Crippen LogP contribution < -0.4 is 15.8 Å². The van der Waals surface area contributed by atoms with Crippen LogP contribution in [-0.2, 0) is 4.43 Å². The van der Waals surface area contributed by atoms with Gasteiger partial charge in [0.2, 0.25) is 0 Å². The summed E-state index contributed by atoms with van der Waals surface area (Å²) in [6.07, 6.45) is 4.16. The first kappa shape index (κ1) is 29.4. The fourth-order valence-electron chi connectivity index (χ4n) is 3.08. The lowest BCUT2D eigenvalue weighted by Gasteiger charge is -2.36. The Morgan fingerprint density at radius 3 is 2.47 bits per heavy atom. The lowest BCUT2D eigenvalue weighted by molar-refractivity contribution is 0.283. The van der Waals surface area contributed by atoms with E-state index in [1.807, 2.05) is 6.07 Å². The van der Waals surface area contributed by atoms with Gasteiger partial charge in [0.25, 0.3) is 0 Å². The molecule has 38 heavy (non-hydrogen) atoms. The van der Waals surface area contributed by atoms with Gasteiger partial charge in [0.15, 0.2) is 25.7 Å². The van der Waals surface area contributed by atoms with Crippen LogP contribution in [0.5, 0.6) is 11.5 Å². The predicted molar refractivity (Wildman–Crippen MR) is 154 cm³/mol. The molecule has 0 fully saturated rings. The number of hydrogen-bond donors (Lipinski definition) is 3. The zero-order valence-electron chi connectivity index (χ0n) is 22.7. The van der Waals surface area contributed by atoms with Crippen molar-refractivity contribution in [2.24, 2.45) is 10.9 Å². The maximum atomic E-state index is 13.4. The summed E-state index contributed by atoms with van der Waals surface area (Å²) < 4.78 is 25.8. The van der Waals surface area contributed by atoms with Gasteiger partial charge in [-0.25, -0.2) is 14.4 Å². The highest BCUT2D eigenvalue weighted by Gasteiger charge is 2.36. The Balaban J connectivity index is 1.76. The summed E-state index contributed by atoms with van der Waals surface area (Å²) >= 11 is 1.69. The van der Waals surface area contributed by atoms with Crippen LogP contribution in [-0.4, -0.2) is 41.2 Å². The molecule has 0 saturated carbocycles. The molecule has 1 aromatic carbocycles. The average Bonchev–Trinajstić information content (AvgIpc) is 2.86. The van der Waals surface area contributed by atoms with Gasteiger partial charge in [-0.1, -0.05) is 32.9 Å². The molecule has 3 rings (SSSR count). The minimum Gasteiger partial charge on any atom is -0.453 e. The summed E-state index contributed by atoms with van der Waals surface area (Å²) in [5.74, 6) is 1.50. The number of nitrogens with one attached hydrogen (secondary N) is 1. The van der Waals surface area contributed by atoms with E-state index in [4.69, 9.17) is 20.1 Å². The molecule has 0 aliphatic carbocycles. The van der Waals surface area contributed by atoms with Crippen LogP contribution in [0.4, 0.5) is 16.0 Å². The number of oxime groups is 1. The number of anilines is 2. The molecular formula is C27H36FN5O3SSi. The zero-order valence-corrected chi connectivity index (χ0v) is 24.5. The third-order valence-electron chi connectivity index (χ3n) is 6.41. The second-order valence-corrected chi connectivity index (χ2v) is 16.8. The van der Waals surface area contributed by atoms with Gasteiger partial charge in [0, 0.05) is 34.7 Å². The van der Waals surface area contributed by atoms with Gasteiger partial charge in [0.1, 0.15) is 17.4 Å². The van der Waals surface area contributed by atoms with E-state index in [0.29, 0.717) is 40.6 Å². The van der Waals surface area contributed by atoms with Crippen LogP contribution in [0.3, 0.4) is 0 Å². The van der Waals surface area contributed by atoms with Crippen molar-refractivity contribution in [2.45, 2.75) is 62.4 Å². The molecule has 0 aliphatic rings. The van der Waals surface area contributed by atoms with Gasteiger partial charge in [-0.05, 0) is 67.0 Å². The molecule has 3 aromatic rings. The van der Waals surface area contributed by atoms with Gasteiger partial charge >= 0.3 is 0 Å². The lowest BCUT2D eigenvalue weighted by atomic mass is 10.2. The molecule has 11 heteroatoms. The maximum absolute atomic E-state index is 13.4. The summed E-state index contributed by atoms with van der Waals surface area (Å²) in [6.45, 7) is 14.1. The first-order valence-electron chi connectivity index (χ1n) is 12.3. The Hall–Kier alpha value is -3.15. The molecule has 1 unspecified atom stereocenters. The smallest absolute Gasteiger partial charge is 0.191 e. The molecule has 2 aromatic heterocycles. The number of pyridine rings is 2. The van der Waals surface area contributed by atoms with Crippen molar-refractivity contribution < 1.29 is 18.8 Å². The molecular weight excluding hydrogens is 521 g/mol. The Morgan fingerprint density at radius 1 is 1.16 bits per heavy atom. The Bertz CT molecular complexity index is 1230. The van der Waals surface area contributed by atoms with Gasteiger partial charge in [-0.2, -0.15) is 0 Å². The van der Waals surface area contributed by atoms with Crippen molar-refractivity contribution in [3.8, 4) is 11.5 Å². The number of benzene rings is 1. The molecule has 0 saturated heterocycles. The highest BCUT2D eigenvalue weighted by Crippen LogP contribution is 2.38. The largest absolute Gasteiger partial charge is 0.453 e. The van der Waals surface area contributed by atoms with Crippen LogP contribution in [0.25, 0.3) is 0 Å². The summed E-state index contributed by atoms with van der Waals surface area (Å²) in [4.78, 5) is 9.82. The number of aromatic nitrogens is 2. The summed E-state index contributed by atoms with van der Waals surface area (Å²) in [7, 11) is -1.79. The number of rotatable bonds is 11. The number of ether oxygens (including phenoxy) is 1. The molecule has 0 aliphatic heterocycles. The van der Waals surface area contributed by atoms with Crippen molar-refractivity contribution >= 4 is 37.6 Å². The molecule has 0 amide bonds. The summed E-state index contributed by atoms with van der Waals surface area (Å²) in [5, 5.41) is 15.5. The van der Waals surface area contributed by atoms with Crippen LogP contribution >= 0.6 is 11.8 Å². The average molecular weight is 558 g/mol. The molecule has 4 N–H and O–H groups in total. The van der Waals surface area contributed by atoms with Crippen LogP contribution in [0.1, 0.15) is 39.7 Å². The molecule has 204 valence electrons. The second-order valence-electron chi connectivity index (χ2n) is 10.4. The minimum atomic E-state index is -1.79. The predicted octanol–water partition coefficient (Wildman–Crippen LogP) is 7.14. The Labute approximate surface area is 229 Å². The Morgan fingerprint density at radius 2 is 1.87 bits per heavy atom. The minimum absolute atomic E-state index is 0.0345. The van der Waals surface area contributed by atoms with E-state index >= 15 is 0 Å². The second kappa shape index (κ2) is 12.6. The molecule has 8 nitrogen and oxygen atoms in total. The van der Waals surface area contributed by atoms with E-state index in [0.717, 1.165) is 11.3 Å². The van der Waals surface area contributed by atoms with Crippen molar-refractivity contribution in [3.63, 3.8) is 0 Å². The van der Waals surface area contributed by atoms with Crippen molar-refractivity contribution in [3.05, 3.63) is 66.2 Å².